The highest BCUT2D eigenvalue weighted by Gasteiger charge is 2.23. The van der Waals surface area contributed by atoms with Crippen LogP contribution in [0, 0.1) is 0 Å². The second-order valence-electron chi connectivity index (χ2n) is 5.57. The Kier molecular flexibility index (Phi) is 5.65. The lowest BCUT2D eigenvalue weighted by Gasteiger charge is -2.21. The minimum absolute atomic E-state index is 0.128. The molecule has 2 aromatic carbocycles. The normalized spacial score (nSPS) is 10.7. The van der Waals surface area contributed by atoms with Crippen molar-refractivity contribution < 1.29 is 15.0 Å². The molecule has 3 rings (SSSR count). The number of halogens is 1. The summed E-state index contributed by atoms with van der Waals surface area (Å²) >= 11 is 3.36. The molecular weight excluding hydrogens is 400 g/mol. The number of hydrogen-bond donors (Lipinski definition) is 2. The smallest absolute Gasteiger partial charge is 0.360 e. The van der Waals surface area contributed by atoms with E-state index in [4.69, 9.17) is 0 Å². The van der Waals surface area contributed by atoms with Crippen molar-refractivity contribution in [3.05, 3.63) is 70.3 Å². The summed E-state index contributed by atoms with van der Waals surface area (Å²) in [5.41, 5.74) is 1.47. The van der Waals surface area contributed by atoms with Crippen LogP contribution in [0.25, 0.3) is 5.69 Å². The van der Waals surface area contributed by atoms with Crippen LogP contribution < -0.4 is 4.90 Å². The van der Waals surface area contributed by atoms with Crippen molar-refractivity contribution in [1.82, 2.24) is 15.0 Å². The second-order valence-corrected chi connectivity index (χ2v) is 6.49. The number of aromatic carboxylic acids is 1. The van der Waals surface area contributed by atoms with Gasteiger partial charge in [0.05, 0.1) is 12.3 Å². The summed E-state index contributed by atoms with van der Waals surface area (Å²) in [6, 6.07) is 16.8. The molecule has 2 N–H and O–H groups in total. The van der Waals surface area contributed by atoms with Crippen molar-refractivity contribution in [2.24, 2.45) is 0 Å². The van der Waals surface area contributed by atoms with Gasteiger partial charge in [0.15, 0.2) is 5.82 Å². The van der Waals surface area contributed by atoms with E-state index in [-0.39, 0.29) is 24.7 Å². The van der Waals surface area contributed by atoms with E-state index in [1.807, 2.05) is 42.5 Å². The molecule has 1 aromatic heterocycles. The maximum atomic E-state index is 11.7. The van der Waals surface area contributed by atoms with Crippen molar-refractivity contribution in [3.63, 3.8) is 0 Å². The van der Waals surface area contributed by atoms with Gasteiger partial charge in [0, 0.05) is 17.6 Å². The summed E-state index contributed by atoms with van der Waals surface area (Å²) in [4.78, 5) is 14.7. The van der Waals surface area contributed by atoms with Crippen molar-refractivity contribution >= 4 is 27.7 Å². The Bertz CT molecular complexity index is 881. The molecule has 0 bridgehead atoms. The topological polar surface area (TPSA) is 91.5 Å². The Balaban J connectivity index is 1.99. The van der Waals surface area contributed by atoms with Crippen molar-refractivity contribution in [2.75, 3.05) is 18.1 Å². The number of aromatic nitrogens is 3. The number of rotatable bonds is 7. The first-order valence-corrected chi connectivity index (χ1v) is 8.74. The monoisotopic (exact) mass is 416 g/mol. The van der Waals surface area contributed by atoms with Gasteiger partial charge in [0.2, 0.25) is 5.69 Å². The average Bonchev–Trinajstić information content (AvgIpc) is 3.08. The largest absolute Gasteiger partial charge is 0.476 e. The summed E-state index contributed by atoms with van der Waals surface area (Å²) in [7, 11) is 0. The number of carbonyl (C=O) groups is 1. The zero-order chi connectivity index (χ0) is 18.5. The highest BCUT2D eigenvalue weighted by Crippen LogP contribution is 2.21. The lowest BCUT2D eigenvalue weighted by Crippen LogP contribution is -2.28. The molecule has 134 valence electrons. The maximum absolute atomic E-state index is 11.7. The predicted octanol–water partition coefficient (Wildman–Crippen LogP) is 2.73. The van der Waals surface area contributed by atoms with Gasteiger partial charge in [-0.25, -0.2) is 4.79 Å². The second kappa shape index (κ2) is 8.11. The molecule has 0 aliphatic heterocycles. The number of nitrogens with zero attached hydrogens (tertiary/aromatic N) is 4. The van der Waals surface area contributed by atoms with Crippen LogP contribution >= 0.6 is 15.9 Å². The fraction of sp³-hybridized carbons (Fsp3) is 0.167. The average molecular weight is 417 g/mol. The van der Waals surface area contributed by atoms with Crippen LogP contribution in [-0.2, 0) is 6.54 Å². The lowest BCUT2D eigenvalue weighted by atomic mass is 10.2. The van der Waals surface area contributed by atoms with Crippen LogP contribution in [0.15, 0.2) is 59.1 Å². The highest BCUT2D eigenvalue weighted by molar-refractivity contribution is 9.10. The number of hydrogen-bond acceptors (Lipinski definition) is 5. The van der Waals surface area contributed by atoms with Crippen LogP contribution in [0.1, 0.15) is 16.1 Å². The van der Waals surface area contributed by atoms with E-state index in [2.05, 4.69) is 26.1 Å². The summed E-state index contributed by atoms with van der Waals surface area (Å²) < 4.78 is 0.901. The van der Waals surface area contributed by atoms with Gasteiger partial charge in [-0.15, -0.1) is 15.0 Å². The van der Waals surface area contributed by atoms with Gasteiger partial charge in [-0.05, 0) is 29.8 Å². The zero-order valence-corrected chi connectivity index (χ0v) is 15.4. The van der Waals surface area contributed by atoms with Gasteiger partial charge in [0.1, 0.15) is 0 Å². The van der Waals surface area contributed by atoms with E-state index in [1.54, 1.807) is 17.0 Å². The molecule has 26 heavy (non-hydrogen) atoms. The molecule has 0 aliphatic carbocycles. The molecule has 0 saturated heterocycles. The molecule has 1 heterocycles. The van der Waals surface area contributed by atoms with Gasteiger partial charge in [-0.1, -0.05) is 46.3 Å². The van der Waals surface area contributed by atoms with Crippen LogP contribution in [0.4, 0.5) is 5.82 Å². The zero-order valence-electron chi connectivity index (χ0n) is 13.8. The van der Waals surface area contributed by atoms with Crippen LogP contribution in [0.3, 0.4) is 0 Å². The number of benzene rings is 2. The van der Waals surface area contributed by atoms with Crippen LogP contribution in [0.2, 0.25) is 0 Å². The Morgan fingerprint density at radius 1 is 1.08 bits per heavy atom. The molecule has 8 heteroatoms. The number of carboxylic acids is 1. The van der Waals surface area contributed by atoms with E-state index in [0.29, 0.717) is 12.2 Å². The van der Waals surface area contributed by atoms with E-state index in [1.165, 1.54) is 4.80 Å². The quantitative estimate of drug-likeness (QED) is 0.615. The van der Waals surface area contributed by atoms with Crippen LogP contribution in [-0.4, -0.2) is 44.3 Å². The molecule has 3 aromatic rings. The summed E-state index contributed by atoms with van der Waals surface area (Å²) in [5, 5.41) is 27.4. The SMILES string of the molecule is O=C(O)c1nn(-c2ccc(Br)cc2)nc1N(CCO)Cc1ccccc1. The Hall–Kier alpha value is -2.71. The molecule has 0 radical (unpaired) electrons. The summed E-state index contributed by atoms with van der Waals surface area (Å²) in [6.45, 7) is 0.534. The minimum Gasteiger partial charge on any atom is -0.476 e. The lowest BCUT2D eigenvalue weighted by molar-refractivity contribution is 0.0690. The van der Waals surface area contributed by atoms with Gasteiger partial charge in [-0.3, -0.25) is 0 Å². The van der Waals surface area contributed by atoms with E-state index in [0.717, 1.165) is 10.0 Å². The third-order valence-corrected chi connectivity index (χ3v) is 4.27. The molecule has 0 saturated carbocycles. The molecule has 0 fully saturated rings. The summed E-state index contributed by atoms with van der Waals surface area (Å²) in [6.07, 6.45) is 0. The van der Waals surface area contributed by atoms with E-state index >= 15 is 0 Å². The fourth-order valence-corrected chi connectivity index (χ4v) is 2.79. The highest BCUT2D eigenvalue weighted by atomic mass is 79.9. The molecule has 0 atom stereocenters. The van der Waals surface area contributed by atoms with Crippen molar-refractivity contribution in [2.45, 2.75) is 6.54 Å². The molecular formula is C18H17BrN4O3. The third-order valence-electron chi connectivity index (χ3n) is 3.74. The number of aliphatic hydroxyl groups is 1. The number of carboxylic acid groups (broad SMARTS) is 1. The Morgan fingerprint density at radius 3 is 2.38 bits per heavy atom. The number of aliphatic hydroxyl groups excluding tert-OH is 1. The van der Waals surface area contributed by atoms with E-state index in [9.17, 15) is 15.0 Å². The van der Waals surface area contributed by atoms with Gasteiger partial charge >= 0.3 is 5.97 Å². The van der Waals surface area contributed by atoms with E-state index < -0.39 is 5.97 Å². The van der Waals surface area contributed by atoms with Gasteiger partial charge < -0.3 is 15.1 Å². The predicted molar refractivity (Wildman–Crippen MR) is 101 cm³/mol. The first kappa shape index (κ1) is 18.1. The standard InChI is InChI=1S/C18H17BrN4O3/c19-14-6-8-15(9-7-14)23-20-16(18(25)26)17(21-23)22(10-11-24)12-13-4-2-1-3-5-13/h1-9,24H,10-12H2,(H,25,26). The number of anilines is 1. The molecule has 0 amide bonds. The molecule has 0 aliphatic rings. The molecule has 0 spiro atoms. The molecule has 7 nitrogen and oxygen atoms in total. The first-order chi connectivity index (χ1) is 12.6. The fourth-order valence-electron chi connectivity index (χ4n) is 2.52. The first-order valence-electron chi connectivity index (χ1n) is 7.95. The summed E-state index contributed by atoms with van der Waals surface area (Å²) in [5.74, 6) is -0.947. The Morgan fingerprint density at radius 2 is 1.77 bits per heavy atom. The third kappa shape index (κ3) is 4.09. The maximum Gasteiger partial charge on any atom is 0.360 e. The molecule has 0 unspecified atom stereocenters. The van der Waals surface area contributed by atoms with Crippen molar-refractivity contribution in [3.8, 4) is 5.69 Å². The van der Waals surface area contributed by atoms with Gasteiger partial charge in [0.25, 0.3) is 0 Å². The van der Waals surface area contributed by atoms with Crippen molar-refractivity contribution in [1.29, 1.82) is 0 Å². The van der Waals surface area contributed by atoms with Crippen LogP contribution in [0.5, 0.6) is 0 Å². The minimum atomic E-state index is -1.17. The Labute approximate surface area is 158 Å². The van der Waals surface area contributed by atoms with Gasteiger partial charge in [-0.2, -0.15) is 0 Å².